The first-order chi connectivity index (χ1) is 8.96. The summed E-state index contributed by atoms with van der Waals surface area (Å²) >= 11 is 0. The zero-order valence-electron chi connectivity index (χ0n) is 12.9. The molecule has 0 aromatic heterocycles. The lowest BCUT2D eigenvalue weighted by Gasteiger charge is -2.33. The Balaban J connectivity index is 2.95. The van der Waals surface area contributed by atoms with Crippen LogP contribution in [0.25, 0.3) is 0 Å². The number of nitrogens with two attached hydrogens (primary N) is 1. The van der Waals surface area contributed by atoms with E-state index in [1.54, 1.807) is 0 Å². The molecule has 0 aliphatic heterocycles. The Bertz CT molecular complexity index is 389. The average Bonchev–Trinajstić information content (AvgIpc) is 2.39. The van der Waals surface area contributed by atoms with Gasteiger partial charge in [0.2, 0.25) is 0 Å². The van der Waals surface area contributed by atoms with Crippen molar-refractivity contribution >= 4 is 11.4 Å². The first-order valence-electron chi connectivity index (χ1n) is 7.30. The quantitative estimate of drug-likeness (QED) is 0.716. The van der Waals surface area contributed by atoms with E-state index in [4.69, 9.17) is 10.5 Å². The first kappa shape index (κ1) is 15.7. The van der Waals surface area contributed by atoms with Crippen molar-refractivity contribution in [2.45, 2.75) is 65.5 Å². The molecule has 0 saturated carbocycles. The Labute approximate surface area is 117 Å². The third-order valence-corrected chi connectivity index (χ3v) is 3.82. The molecule has 19 heavy (non-hydrogen) atoms. The monoisotopic (exact) mass is 264 g/mol. The number of hydrogen-bond acceptors (Lipinski definition) is 3. The van der Waals surface area contributed by atoms with Crippen LogP contribution in [-0.4, -0.2) is 11.6 Å². The van der Waals surface area contributed by atoms with Crippen LogP contribution in [0.2, 0.25) is 0 Å². The molecule has 108 valence electrons. The molecule has 0 fully saturated rings. The van der Waals surface area contributed by atoms with Crippen molar-refractivity contribution in [3.05, 3.63) is 18.2 Å². The molecule has 0 amide bonds. The summed E-state index contributed by atoms with van der Waals surface area (Å²) in [5, 5.41) is 3.65. The zero-order valence-corrected chi connectivity index (χ0v) is 12.9. The summed E-state index contributed by atoms with van der Waals surface area (Å²) < 4.78 is 5.74. The largest absolute Gasteiger partial charge is 0.489 e. The highest BCUT2D eigenvalue weighted by Gasteiger charge is 2.23. The van der Waals surface area contributed by atoms with Crippen molar-refractivity contribution < 1.29 is 4.74 Å². The van der Waals surface area contributed by atoms with Crippen molar-refractivity contribution in [1.29, 1.82) is 0 Å². The van der Waals surface area contributed by atoms with Gasteiger partial charge >= 0.3 is 0 Å². The van der Waals surface area contributed by atoms with E-state index in [1.807, 2.05) is 32.0 Å². The smallest absolute Gasteiger partial charge is 0.144 e. The molecular weight excluding hydrogens is 236 g/mol. The van der Waals surface area contributed by atoms with Crippen LogP contribution in [0, 0.1) is 0 Å². The number of hydrogen-bond donors (Lipinski definition) is 2. The van der Waals surface area contributed by atoms with Gasteiger partial charge in [0, 0.05) is 17.3 Å². The third kappa shape index (κ3) is 4.05. The lowest BCUT2D eigenvalue weighted by atomic mass is 9.89. The number of ether oxygens (including phenoxy) is 1. The standard InChI is InChI=1S/C16H28N2O/c1-6-16(7-2,8-3)18-13-9-10-14(17)15(11-13)19-12(4)5/h9-12,18H,6-8,17H2,1-5H3. The molecule has 1 rings (SSSR count). The first-order valence-corrected chi connectivity index (χ1v) is 7.30. The highest BCUT2D eigenvalue weighted by Crippen LogP contribution is 2.31. The Kier molecular flexibility index (Phi) is 5.52. The summed E-state index contributed by atoms with van der Waals surface area (Å²) in [6.45, 7) is 10.7. The van der Waals surface area contributed by atoms with Gasteiger partial charge in [-0.2, -0.15) is 0 Å². The van der Waals surface area contributed by atoms with E-state index in [1.165, 1.54) is 0 Å². The maximum Gasteiger partial charge on any atom is 0.144 e. The summed E-state index contributed by atoms with van der Waals surface area (Å²) in [4.78, 5) is 0. The SMILES string of the molecule is CCC(CC)(CC)Nc1ccc(N)c(OC(C)C)c1. The molecule has 0 unspecified atom stereocenters. The van der Waals surface area contributed by atoms with Crippen molar-refractivity contribution in [3.8, 4) is 5.75 Å². The minimum atomic E-state index is 0.130. The number of nitrogen functional groups attached to an aromatic ring is 1. The lowest BCUT2D eigenvalue weighted by molar-refractivity contribution is 0.244. The molecule has 0 radical (unpaired) electrons. The second kappa shape index (κ2) is 6.69. The normalized spacial score (nSPS) is 11.7. The molecule has 0 saturated heterocycles. The van der Waals surface area contributed by atoms with Crippen LogP contribution in [-0.2, 0) is 0 Å². The Morgan fingerprint density at radius 2 is 1.74 bits per heavy atom. The van der Waals surface area contributed by atoms with Crippen molar-refractivity contribution in [1.82, 2.24) is 0 Å². The molecule has 3 nitrogen and oxygen atoms in total. The fourth-order valence-electron chi connectivity index (χ4n) is 2.29. The van der Waals surface area contributed by atoms with Gasteiger partial charge in [-0.25, -0.2) is 0 Å². The van der Waals surface area contributed by atoms with Gasteiger partial charge in [0.1, 0.15) is 5.75 Å². The number of rotatable bonds is 7. The van der Waals surface area contributed by atoms with Crippen LogP contribution in [0.1, 0.15) is 53.9 Å². The van der Waals surface area contributed by atoms with E-state index in [9.17, 15) is 0 Å². The molecule has 1 aromatic carbocycles. The van der Waals surface area contributed by atoms with Crippen LogP contribution in [0.15, 0.2) is 18.2 Å². The zero-order chi connectivity index (χ0) is 14.5. The molecule has 0 aliphatic rings. The van der Waals surface area contributed by atoms with Crippen LogP contribution in [0.5, 0.6) is 5.75 Å². The molecular formula is C16H28N2O. The van der Waals surface area contributed by atoms with E-state index < -0.39 is 0 Å². The van der Waals surface area contributed by atoms with E-state index in [0.717, 1.165) is 30.7 Å². The summed E-state index contributed by atoms with van der Waals surface area (Å²) in [5.74, 6) is 0.761. The van der Waals surface area contributed by atoms with Crippen LogP contribution in [0.3, 0.4) is 0 Å². The van der Waals surface area contributed by atoms with Gasteiger partial charge in [0.25, 0.3) is 0 Å². The topological polar surface area (TPSA) is 47.3 Å². The van der Waals surface area contributed by atoms with E-state index >= 15 is 0 Å². The van der Waals surface area contributed by atoms with Crippen LogP contribution < -0.4 is 15.8 Å². The van der Waals surface area contributed by atoms with Gasteiger partial charge in [-0.05, 0) is 45.2 Å². The molecule has 0 spiro atoms. The number of nitrogens with one attached hydrogen (secondary N) is 1. The Hall–Kier alpha value is -1.38. The van der Waals surface area contributed by atoms with Crippen LogP contribution >= 0.6 is 0 Å². The maximum atomic E-state index is 5.95. The fourth-order valence-corrected chi connectivity index (χ4v) is 2.29. The predicted octanol–water partition coefficient (Wildman–Crippen LogP) is 4.44. The average molecular weight is 264 g/mol. The second-order valence-electron chi connectivity index (χ2n) is 5.39. The molecule has 0 aliphatic carbocycles. The second-order valence-corrected chi connectivity index (χ2v) is 5.39. The predicted molar refractivity (Wildman–Crippen MR) is 83.8 cm³/mol. The lowest BCUT2D eigenvalue weighted by Crippen LogP contribution is -2.36. The summed E-state index contributed by atoms with van der Waals surface area (Å²) in [5.41, 5.74) is 7.87. The van der Waals surface area contributed by atoms with Gasteiger partial charge in [0.15, 0.2) is 0 Å². The number of anilines is 2. The minimum absolute atomic E-state index is 0.130. The third-order valence-electron chi connectivity index (χ3n) is 3.82. The van der Waals surface area contributed by atoms with E-state index in [2.05, 4.69) is 26.1 Å². The summed E-state index contributed by atoms with van der Waals surface area (Å²) in [7, 11) is 0. The van der Waals surface area contributed by atoms with Gasteiger partial charge in [-0.1, -0.05) is 20.8 Å². The van der Waals surface area contributed by atoms with E-state index in [0.29, 0.717) is 5.69 Å². The molecule has 3 heteroatoms. The van der Waals surface area contributed by atoms with Gasteiger partial charge in [-0.15, -0.1) is 0 Å². The minimum Gasteiger partial charge on any atom is -0.489 e. The Morgan fingerprint density at radius 3 is 2.21 bits per heavy atom. The highest BCUT2D eigenvalue weighted by molar-refractivity contribution is 5.62. The maximum absolute atomic E-state index is 5.95. The van der Waals surface area contributed by atoms with Gasteiger partial charge in [0.05, 0.1) is 11.8 Å². The van der Waals surface area contributed by atoms with Gasteiger partial charge < -0.3 is 15.8 Å². The molecule has 0 atom stereocenters. The molecule has 3 N–H and O–H groups in total. The molecule has 1 aromatic rings. The van der Waals surface area contributed by atoms with Crippen LogP contribution in [0.4, 0.5) is 11.4 Å². The van der Waals surface area contributed by atoms with Crippen molar-refractivity contribution in [2.24, 2.45) is 0 Å². The Morgan fingerprint density at radius 1 is 1.16 bits per heavy atom. The van der Waals surface area contributed by atoms with Crippen molar-refractivity contribution in [2.75, 3.05) is 11.1 Å². The molecule has 0 bridgehead atoms. The van der Waals surface area contributed by atoms with E-state index in [-0.39, 0.29) is 11.6 Å². The van der Waals surface area contributed by atoms with Gasteiger partial charge in [-0.3, -0.25) is 0 Å². The fraction of sp³-hybridized carbons (Fsp3) is 0.625. The van der Waals surface area contributed by atoms with Crippen molar-refractivity contribution in [3.63, 3.8) is 0 Å². The highest BCUT2D eigenvalue weighted by atomic mass is 16.5. The number of benzene rings is 1. The summed E-state index contributed by atoms with van der Waals surface area (Å²) in [6, 6.07) is 5.94. The molecule has 0 heterocycles. The summed E-state index contributed by atoms with van der Waals surface area (Å²) in [6.07, 6.45) is 3.44.